The number of likely N-dealkylation sites (N-methyl/N-ethyl adjacent to an activating group) is 1. The van der Waals surface area contributed by atoms with Crippen molar-refractivity contribution in [1.29, 1.82) is 0 Å². The van der Waals surface area contributed by atoms with Crippen LogP contribution in [-0.4, -0.2) is 42.5 Å². The summed E-state index contributed by atoms with van der Waals surface area (Å²) in [4.78, 5) is 25.6. The van der Waals surface area contributed by atoms with Crippen LogP contribution in [0.2, 0.25) is 5.02 Å². The van der Waals surface area contributed by atoms with Gasteiger partial charge in [0.25, 0.3) is 5.91 Å². The van der Waals surface area contributed by atoms with Crippen molar-refractivity contribution in [2.75, 3.05) is 26.0 Å². The molecule has 0 saturated carbocycles. The van der Waals surface area contributed by atoms with Crippen molar-refractivity contribution in [2.24, 2.45) is 0 Å². The summed E-state index contributed by atoms with van der Waals surface area (Å²) in [5.41, 5.74) is 0.895. The van der Waals surface area contributed by atoms with Gasteiger partial charge in [0, 0.05) is 18.3 Å². The van der Waals surface area contributed by atoms with Crippen LogP contribution in [0.3, 0.4) is 0 Å². The van der Waals surface area contributed by atoms with Crippen LogP contribution in [0.5, 0.6) is 11.5 Å². The molecule has 2 rings (SSSR count). The fraction of sp³-hybridized carbons (Fsp3) is 0.176. The Morgan fingerprint density at radius 2 is 1.88 bits per heavy atom. The molecule has 0 fully saturated rings. The predicted molar refractivity (Wildman–Crippen MR) is 91.7 cm³/mol. The molecule has 0 spiro atoms. The van der Waals surface area contributed by atoms with Crippen molar-refractivity contribution in [3.63, 3.8) is 0 Å². The number of carbonyl (C=O) groups excluding carboxylic acids is 2. The molecule has 0 atom stereocenters. The Labute approximate surface area is 144 Å². The molecule has 0 bridgehead atoms. The van der Waals surface area contributed by atoms with Crippen LogP contribution in [-0.2, 0) is 4.79 Å². The summed E-state index contributed by atoms with van der Waals surface area (Å²) < 4.78 is 5.04. The van der Waals surface area contributed by atoms with Gasteiger partial charge in [-0.15, -0.1) is 0 Å². The maximum atomic E-state index is 12.3. The summed E-state index contributed by atoms with van der Waals surface area (Å²) in [5.74, 6) is -0.125. The number of carbonyl (C=O) groups is 2. The highest BCUT2D eigenvalue weighted by atomic mass is 35.5. The van der Waals surface area contributed by atoms with Gasteiger partial charge in [-0.25, -0.2) is 0 Å². The Morgan fingerprint density at radius 3 is 2.46 bits per heavy atom. The van der Waals surface area contributed by atoms with E-state index >= 15 is 0 Å². The van der Waals surface area contributed by atoms with Crippen molar-refractivity contribution in [1.82, 2.24) is 4.90 Å². The summed E-state index contributed by atoms with van der Waals surface area (Å²) in [6, 6.07) is 11.0. The molecule has 0 aromatic heterocycles. The lowest BCUT2D eigenvalue weighted by atomic mass is 10.2. The van der Waals surface area contributed by atoms with E-state index in [1.54, 1.807) is 31.4 Å². The first-order valence-electron chi connectivity index (χ1n) is 7.08. The van der Waals surface area contributed by atoms with Crippen molar-refractivity contribution >= 4 is 29.1 Å². The number of anilines is 1. The lowest BCUT2D eigenvalue weighted by Gasteiger charge is -2.17. The van der Waals surface area contributed by atoms with Gasteiger partial charge >= 0.3 is 0 Å². The molecule has 7 heteroatoms. The van der Waals surface area contributed by atoms with Crippen molar-refractivity contribution in [3.05, 3.63) is 53.1 Å². The van der Waals surface area contributed by atoms with Crippen molar-refractivity contribution in [2.45, 2.75) is 0 Å². The fourth-order valence-electron chi connectivity index (χ4n) is 2.02. The summed E-state index contributed by atoms with van der Waals surface area (Å²) in [5, 5.41) is 12.2. The van der Waals surface area contributed by atoms with Gasteiger partial charge in [-0.1, -0.05) is 11.6 Å². The highest BCUT2D eigenvalue weighted by molar-refractivity contribution is 6.32. The molecule has 2 aromatic rings. The number of hydrogen-bond donors (Lipinski definition) is 2. The molecule has 0 aliphatic rings. The number of amides is 2. The zero-order valence-electron chi connectivity index (χ0n) is 13.2. The van der Waals surface area contributed by atoms with E-state index in [2.05, 4.69) is 5.32 Å². The summed E-state index contributed by atoms with van der Waals surface area (Å²) in [6.45, 7) is -0.122. The Bertz CT molecular complexity index is 747. The SMILES string of the molecule is COc1ccc(NC(=O)CN(C)C(=O)c2ccc(O)c(Cl)c2)cc1. The number of ether oxygens (including phenoxy) is 1. The molecule has 24 heavy (non-hydrogen) atoms. The van der Waals surface area contributed by atoms with Gasteiger partial charge in [0.15, 0.2) is 0 Å². The number of phenolic OH excluding ortho intramolecular Hbond substituents is 1. The normalized spacial score (nSPS) is 10.1. The number of methoxy groups -OCH3 is 1. The van der Waals surface area contributed by atoms with E-state index in [1.165, 1.54) is 30.1 Å². The van der Waals surface area contributed by atoms with E-state index in [-0.39, 0.29) is 34.7 Å². The number of rotatable bonds is 5. The standard InChI is InChI=1S/C17H17ClN2O4/c1-20(17(23)11-3-8-15(21)14(18)9-11)10-16(22)19-12-4-6-13(24-2)7-5-12/h3-9,21H,10H2,1-2H3,(H,19,22). The van der Waals surface area contributed by atoms with Gasteiger partial charge in [0.2, 0.25) is 5.91 Å². The Balaban J connectivity index is 1.96. The number of nitrogens with one attached hydrogen (secondary N) is 1. The maximum absolute atomic E-state index is 12.3. The highest BCUT2D eigenvalue weighted by Gasteiger charge is 2.16. The number of halogens is 1. The fourth-order valence-corrected chi connectivity index (χ4v) is 2.20. The van der Waals surface area contributed by atoms with Crippen molar-refractivity contribution in [3.8, 4) is 11.5 Å². The summed E-state index contributed by atoms with van der Waals surface area (Å²) >= 11 is 5.79. The minimum absolute atomic E-state index is 0.0805. The Kier molecular flexibility index (Phi) is 5.65. The molecule has 0 saturated heterocycles. The van der Waals surface area contributed by atoms with Gasteiger partial charge in [-0.3, -0.25) is 9.59 Å². The molecule has 0 radical (unpaired) electrons. The quantitative estimate of drug-likeness (QED) is 0.870. The number of nitrogens with zero attached hydrogens (tertiary/aromatic N) is 1. The maximum Gasteiger partial charge on any atom is 0.254 e. The molecule has 126 valence electrons. The van der Waals surface area contributed by atoms with Gasteiger partial charge < -0.3 is 20.1 Å². The minimum atomic E-state index is -0.373. The van der Waals surface area contributed by atoms with Crippen LogP contribution in [0.15, 0.2) is 42.5 Å². The third-order valence-electron chi connectivity index (χ3n) is 3.30. The van der Waals surface area contributed by atoms with E-state index in [0.717, 1.165) is 0 Å². The molecule has 0 aliphatic heterocycles. The van der Waals surface area contributed by atoms with Gasteiger partial charge in [-0.2, -0.15) is 0 Å². The topological polar surface area (TPSA) is 78.9 Å². The Morgan fingerprint density at radius 1 is 1.21 bits per heavy atom. The van der Waals surface area contributed by atoms with Crippen LogP contribution >= 0.6 is 11.6 Å². The van der Waals surface area contributed by atoms with E-state index < -0.39 is 0 Å². The Hall–Kier alpha value is -2.73. The van der Waals surface area contributed by atoms with Gasteiger partial charge in [0.05, 0.1) is 18.7 Å². The second kappa shape index (κ2) is 7.70. The predicted octanol–water partition coefficient (Wildman–Crippen LogP) is 2.76. The lowest BCUT2D eigenvalue weighted by Crippen LogP contribution is -2.34. The first-order chi connectivity index (χ1) is 11.4. The molecule has 2 amide bonds. The van der Waals surface area contributed by atoms with E-state index in [9.17, 15) is 14.7 Å². The smallest absolute Gasteiger partial charge is 0.254 e. The second-order valence-electron chi connectivity index (χ2n) is 5.10. The third-order valence-corrected chi connectivity index (χ3v) is 3.60. The number of phenols is 1. The third kappa shape index (κ3) is 4.39. The molecule has 2 N–H and O–H groups in total. The highest BCUT2D eigenvalue weighted by Crippen LogP contribution is 2.24. The van der Waals surface area contributed by atoms with E-state index in [0.29, 0.717) is 11.4 Å². The van der Waals surface area contributed by atoms with E-state index in [4.69, 9.17) is 16.3 Å². The minimum Gasteiger partial charge on any atom is -0.506 e. The molecule has 0 aliphatic carbocycles. The molecular formula is C17H17ClN2O4. The first-order valence-corrected chi connectivity index (χ1v) is 7.46. The first kappa shape index (κ1) is 17.6. The molecule has 0 heterocycles. The lowest BCUT2D eigenvalue weighted by molar-refractivity contribution is -0.116. The monoisotopic (exact) mass is 348 g/mol. The van der Waals surface area contributed by atoms with Crippen LogP contribution in [0.4, 0.5) is 5.69 Å². The average Bonchev–Trinajstić information content (AvgIpc) is 2.57. The van der Waals surface area contributed by atoms with Crippen LogP contribution < -0.4 is 10.1 Å². The van der Waals surface area contributed by atoms with E-state index in [1.807, 2.05) is 0 Å². The molecule has 2 aromatic carbocycles. The average molecular weight is 349 g/mol. The molecule has 6 nitrogen and oxygen atoms in total. The second-order valence-corrected chi connectivity index (χ2v) is 5.51. The largest absolute Gasteiger partial charge is 0.506 e. The number of hydrogen-bond acceptors (Lipinski definition) is 4. The summed E-state index contributed by atoms with van der Waals surface area (Å²) in [7, 11) is 3.07. The number of aromatic hydroxyl groups is 1. The molecular weight excluding hydrogens is 332 g/mol. The molecule has 0 unspecified atom stereocenters. The van der Waals surface area contributed by atoms with Crippen LogP contribution in [0, 0.1) is 0 Å². The zero-order chi connectivity index (χ0) is 17.7. The summed E-state index contributed by atoms with van der Waals surface area (Å²) in [6.07, 6.45) is 0. The van der Waals surface area contributed by atoms with Gasteiger partial charge in [0.1, 0.15) is 11.5 Å². The van der Waals surface area contributed by atoms with Crippen LogP contribution in [0.1, 0.15) is 10.4 Å². The number of benzene rings is 2. The van der Waals surface area contributed by atoms with Crippen molar-refractivity contribution < 1.29 is 19.4 Å². The van der Waals surface area contributed by atoms with Crippen LogP contribution in [0.25, 0.3) is 0 Å². The van der Waals surface area contributed by atoms with Gasteiger partial charge in [-0.05, 0) is 42.5 Å². The zero-order valence-corrected chi connectivity index (χ0v) is 14.0.